The van der Waals surface area contributed by atoms with E-state index >= 15 is 0 Å². The van der Waals surface area contributed by atoms with Crippen molar-refractivity contribution >= 4 is 23.1 Å². The molecule has 21 heavy (non-hydrogen) atoms. The van der Waals surface area contributed by atoms with Crippen LogP contribution >= 0.6 is 11.8 Å². The quantitative estimate of drug-likeness (QED) is 0.788. The van der Waals surface area contributed by atoms with Gasteiger partial charge in [-0.1, -0.05) is 6.07 Å². The highest BCUT2D eigenvalue weighted by atomic mass is 32.2. The first-order valence-corrected chi connectivity index (χ1v) is 6.57. The summed E-state index contributed by atoms with van der Waals surface area (Å²) in [6.45, 7) is 0. The van der Waals surface area contributed by atoms with Gasteiger partial charge in [-0.3, -0.25) is 4.40 Å². The molecule has 0 fully saturated rings. The average Bonchev–Trinajstić information content (AvgIpc) is 2.83. The van der Waals surface area contributed by atoms with E-state index in [1.165, 1.54) is 0 Å². The van der Waals surface area contributed by atoms with Crippen molar-refractivity contribution in [2.45, 2.75) is 16.2 Å². The van der Waals surface area contributed by atoms with E-state index in [1.54, 1.807) is 28.8 Å². The van der Waals surface area contributed by atoms with Crippen LogP contribution in [-0.4, -0.2) is 19.6 Å². The molecule has 0 saturated heterocycles. The van der Waals surface area contributed by atoms with E-state index in [9.17, 15) is 13.2 Å². The highest BCUT2D eigenvalue weighted by Gasteiger charge is 2.33. The van der Waals surface area contributed by atoms with Crippen LogP contribution in [0.3, 0.4) is 0 Å². The lowest BCUT2D eigenvalue weighted by Crippen LogP contribution is -2.08. The van der Waals surface area contributed by atoms with Gasteiger partial charge in [-0.25, -0.2) is 4.98 Å². The summed E-state index contributed by atoms with van der Waals surface area (Å²) in [4.78, 5) is 3.53. The molecule has 0 aliphatic rings. The van der Waals surface area contributed by atoms with Gasteiger partial charge in [-0.05, 0) is 30.0 Å². The van der Waals surface area contributed by atoms with Crippen LogP contribution in [0.1, 0.15) is 5.69 Å². The lowest BCUT2D eigenvalue weighted by molar-refractivity contribution is -0.141. The number of nitrogen functional groups attached to an aromatic ring is 1. The Morgan fingerprint density at radius 2 is 2.00 bits per heavy atom. The Labute approximate surface area is 121 Å². The summed E-state index contributed by atoms with van der Waals surface area (Å²) in [5.41, 5.74) is 5.45. The summed E-state index contributed by atoms with van der Waals surface area (Å²) in [7, 11) is 0. The molecule has 0 spiro atoms. The third-order valence-corrected chi connectivity index (χ3v) is 3.70. The number of rotatable bonds is 2. The van der Waals surface area contributed by atoms with E-state index in [-0.39, 0.29) is 10.6 Å². The molecule has 0 bridgehead atoms. The van der Waals surface area contributed by atoms with Gasteiger partial charge in [0.1, 0.15) is 5.69 Å². The number of halogens is 3. The minimum Gasteiger partial charge on any atom is -0.397 e. The van der Waals surface area contributed by atoms with Crippen molar-refractivity contribution in [3.8, 4) is 0 Å². The van der Waals surface area contributed by atoms with Crippen molar-refractivity contribution in [1.29, 1.82) is 0 Å². The lowest BCUT2D eigenvalue weighted by atomic mass is 10.3. The molecule has 9 heteroatoms. The fraction of sp³-hybridized carbons (Fsp3) is 0.0833. The Bertz CT molecular complexity index is 799. The van der Waals surface area contributed by atoms with Gasteiger partial charge >= 0.3 is 6.18 Å². The van der Waals surface area contributed by atoms with Gasteiger partial charge in [0.15, 0.2) is 5.65 Å². The van der Waals surface area contributed by atoms with Crippen LogP contribution in [0.4, 0.5) is 18.9 Å². The summed E-state index contributed by atoms with van der Waals surface area (Å²) in [6, 6.07) is 6.22. The molecular weight excluding hydrogens is 303 g/mol. The SMILES string of the molecule is Nc1cnc(C(F)(F)F)cc1Sc1nnc2ccccn12. The minimum atomic E-state index is -4.52. The highest BCUT2D eigenvalue weighted by Crippen LogP contribution is 2.35. The predicted molar refractivity (Wildman–Crippen MR) is 70.8 cm³/mol. The van der Waals surface area contributed by atoms with E-state index in [0.29, 0.717) is 10.8 Å². The molecule has 0 aliphatic carbocycles. The summed E-state index contributed by atoms with van der Waals surface area (Å²) in [6.07, 6.45) is -1.80. The van der Waals surface area contributed by atoms with Crippen LogP contribution in [0.15, 0.2) is 46.7 Å². The number of fused-ring (bicyclic) bond motifs is 1. The molecule has 108 valence electrons. The van der Waals surface area contributed by atoms with Crippen LogP contribution in [-0.2, 0) is 6.18 Å². The number of alkyl halides is 3. The van der Waals surface area contributed by atoms with Crippen LogP contribution in [0.5, 0.6) is 0 Å². The summed E-state index contributed by atoms with van der Waals surface area (Å²) in [5.74, 6) is 0. The molecule has 0 aromatic carbocycles. The van der Waals surface area contributed by atoms with E-state index in [4.69, 9.17) is 5.73 Å². The fourth-order valence-electron chi connectivity index (χ4n) is 1.68. The predicted octanol–water partition coefficient (Wildman–Crippen LogP) is 2.88. The number of aromatic nitrogens is 4. The van der Waals surface area contributed by atoms with Gasteiger partial charge in [0.25, 0.3) is 0 Å². The Hall–Kier alpha value is -2.29. The van der Waals surface area contributed by atoms with Gasteiger partial charge in [-0.2, -0.15) is 13.2 Å². The minimum absolute atomic E-state index is 0.153. The van der Waals surface area contributed by atoms with Gasteiger partial charge in [0.05, 0.1) is 11.9 Å². The molecule has 3 heterocycles. The molecule has 2 N–H and O–H groups in total. The fourth-order valence-corrected chi connectivity index (χ4v) is 2.55. The first-order valence-electron chi connectivity index (χ1n) is 5.75. The van der Waals surface area contributed by atoms with Crippen molar-refractivity contribution in [2.75, 3.05) is 5.73 Å². The van der Waals surface area contributed by atoms with E-state index in [1.807, 2.05) is 0 Å². The van der Waals surface area contributed by atoms with Crippen molar-refractivity contribution in [3.63, 3.8) is 0 Å². The largest absolute Gasteiger partial charge is 0.433 e. The monoisotopic (exact) mass is 311 g/mol. The van der Waals surface area contributed by atoms with E-state index in [0.717, 1.165) is 24.0 Å². The third kappa shape index (κ3) is 2.64. The number of hydrogen-bond donors (Lipinski definition) is 1. The molecule has 0 saturated carbocycles. The Morgan fingerprint density at radius 1 is 1.19 bits per heavy atom. The highest BCUT2D eigenvalue weighted by molar-refractivity contribution is 7.99. The molecule has 0 amide bonds. The number of pyridine rings is 2. The topological polar surface area (TPSA) is 69.1 Å². The first kappa shape index (κ1) is 13.7. The maximum absolute atomic E-state index is 12.7. The van der Waals surface area contributed by atoms with Crippen LogP contribution in [0.2, 0.25) is 0 Å². The molecule has 5 nitrogen and oxygen atoms in total. The normalized spacial score (nSPS) is 12.0. The maximum atomic E-state index is 12.7. The zero-order valence-electron chi connectivity index (χ0n) is 10.4. The number of nitrogens with two attached hydrogens (primary N) is 1. The Balaban J connectivity index is 2.01. The summed E-state index contributed by atoms with van der Waals surface area (Å²) >= 11 is 1.00. The van der Waals surface area contributed by atoms with Crippen molar-refractivity contribution in [3.05, 3.63) is 42.4 Å². The smallest absolute Gasteiger partial charge is 0.397 e. The second-order valence-electron chi connectivity index (χ2n) is 4.12. The van der Waals surface area contributed by atoms with Crippen LogP contribution in [0, 0.1) is 0 Å². The van der Waals surface area contributed by atoms with E-state index < -0.39 is 11.9 Å². The average molecular weight is 311 g/mol. The first-order chi connectivity index (χ1) is 9.95. The van der Waals surface area contributed by atoms with Gasteiger partial charge in [0, 0.05) is 11.1 Å². The Morgan fingerprint density at radius 3 is 2.76 bits per heavy atom. The van der Waals surface area contributed by atoms with Gasteiger partial charge in [0.2, 0.25) is 5.16 Å². The molecule has 0 atom stereocenters. The second kappa shape index (κ2) is 4.92. The zero-order valence-corrected chi connectivity index (χ0v) is 11.2. The van der Waals surface area contributed by atoms with Crippen LogP contribution in [0.25, 0.3) is 5.65 Å². The number of nitrogens with zero attached hydrogens (tertiary/aromatic N) is 4. The number of hydrogen-bond acceptors (Lipinski definition) is 5. The summed E-state index contributed by atoms with van der Waals surface area (Å²) < 4.78 is 39.7. The molecule has 3 aromatic rings. The van der Waals surface area contributed by atoms with Crippen molar-refractivity contribution in [2.24, 2.45) is 0 Å². The maximum Gasteiger partial charge on any atom is 0.433 e. The van der Waals surface area contributed by atoms with Gasteiger partial charge in [-0.15, -0.1) is 10.2 Å². The lowest BCUT2D eigenvalue weighted by Gasteiger charge is -2.09. The van der Waals surface area contributed by atoms with Crippen molar-refractivity contribution in [1.82, 2.24) is 19.6 Å². The summed E-state index contributed by atoms with van der Waals surface area (Å²) in [5, 5.41) is 8.30. The molecule has 0 radical (unpaired) electrons. The van der Waals surface area contributed by atoms with Crippen LogP contribution < -0.4 is 5.73 Å². The molecule has 0 aliphatic heterocycles. The molecule has 3 aromatic heterocycles. The second-order valence-corrected chi connectivity index (χ2v) is 5.13. The standard InChI is InChI=1S/C12H8F3N5S/c13-12(14,15)9-5-8(7(16)6-17-9)21-11-19-18-10-3-1-2-4-20(10)11/h1-6H,16H2. The Kier molecular flexibility index (Phi) is 3.20. The van der Waals surface area contributed by atoms with E-state index in [2.05, 4.69) is 15.2 Å². The third-order valence-electron chi connectivity index (χ3n) is 2.67. The molecular formula is C12H8F3N5S. The van der Waals surface area contributed by atoms with Crippen molar-refractivity contribution < 1.29 is 13.2 Å². The zero-order chi connectivity index (χ0) is 15.0. The molecule has 0 unspecified atom stereocenters. The van der Waals surface area contributed by atoms with Gasteiger partial charge < -0.3 is 5.73 Å². The number of anilines is 1. The molecule has 3 rings (SSSR count).